The Morgan fingerprint density at radius 1 is 1.11 bits per heavy atom. The Hall–Kier alpha value is -2.57. The van der Waals surface area contributed by atoms with Crippen LogP contribution < -0.4 is 21.7 Å². The third kappa shape index (κ3) is 5.07. The first kappa shape index (κ1) is 14.5. The number of hydrogen-bond acceptors (Lipinski definition) is 4. The van der Waals surface area contributed by atoms with Crippen molar-refractivity contribution in [3.05, 3.63) is 29.8 Å². The highest BCUT2D eigenvalue weighted by atomic mass is 16.2. The van der Waals surface area contributed by atoms with Crippen LogP contribution in [0.25, 0.3) is 0 Å². The van der Waals surface area contributed by atoms with Crippen molar-refractivity contribution in [1.82, 2.24) is 16.0 Å². The summed E-state index contributed by atoms with van der Waals surface area (Å²) in [6.45, 7) is -0.325. The average molecular weight is 264 g/mol. The Morgan fingerprint density at radius 2 is 1.79 bits per heavy atom. The van der Waals surface area contributed by atoms with Crippen LogP contribution in [0.4, 0.5) is 5.69 Å². The summed E-state index contributed by atoms with van der Waals surface area (Å²) in [4.78, 5) is 33.9. The zero-order chi connectivity index (χ0) is 14.3. The molecule has 0 unspecified atom stereocenters. The van der Waals surface area contributed by atoms with E-state index in [1.165, 1.54) is 13.1 Å². The van der Waals surface area contributed by atoms with E-state index in [0.717, 1.165) is 0 Å². The van der Waals surface area contributed by atoms with E-state index < -0.39 is 11.8 Å². The number of amides is 3. The van der Waals surface area contributed by atoms with Crippen LogP contribution in [0.3, 0.4) is 0 Å². The van der Waals surface area contributed by atoms with Crippen molar-refractivity contribution < 1.29 is 14.4 Å². The Balaban J connectivity index is 2.38. The third-order valence-corrected chi connectivity index (χ3v) is 2.28. The van der Waals surface area contributed by atoms with E-state index >= 15 is 0 Å². The molecule has 1 rings (SSSR count). The lowest BCUT2D eigenvalue weighted by Gasteiger charge is -2.06. The third-order valence-electron chi connectivity index (χ3n) is 2.28. The highest BCUT2D eigenvalue weighted by Crippen LogP contribution is 2.05. The van der Waals surface area contributed by atoms with Gasteiger partial charge in [0.25, 0.3) is 5.91 Å². The largest absolute Gasteiger partial charge is 0.399 e. The summed E-state index contributed by atoms with van der Waals surface area (Å²) in [5.74, 6) is -1.15. The Labute approximate surface area is 110 Å². The van der Waals surface area contributed by atoms with E-state index in [1.807, 2.05) is 0 Å². The minimum atomic E-state index is -0.444. The summed E-state index contributed by atoms with van der Waals surface area (Å²) in [5.41, 5.74) is 6.39. The molecule has 1 aromatic carbocycles. The maximum Gasteiger partial charge on any atom is 0.251 e. The van der Waals surface area contributed by atoms with Crippen LogP contribution in [0.5, 0.6) is 0 Å². The van der Waals surface area contributed by atoms with Gasteiger partial charge < -0.3 is 21.7 Å². The number of rotatable bonds is 5. The van der Waals surface area contributed by atoms with Crippen molar-refractivity contribution in [3.63, 3.8) is 0 Å². The maximum absolute atomic E-state index is 11.7. The molecule has 0 fully saturated rings. The molecule has 0 saturated carbocycles. The van der Waals surface area contributed by atoms with E-state index in [-0.39, 0.29) is 19.0 Å². The maximum atomic E-state index is 11.7. The topological polar surface area (TPSA) is 113 Å². The van der Waals surface area contributed by atoms with Gasteiger partial charge in [0.05, 0.1) is 13.1 Å². The highest BCUT2D eigenvalue weighted by Gasteiger charge is 2.08. The first-order valence-electron chi connectivity index (χ1n) is 5.64. The lowest BCUT2D eigenvalue weighted by molar-refractivity contribution is -0.125. The molecule has 0 radical (unpaired) electrons. The molecule has 0 aromatic heterocycles. The molecule has 102 valence electrons. The molecule has 3 amide bonds. The van der Waals surface area contributed by atoms with Gasteiger partial charge in [-0.2, -0.15) is 0 Å². The number of hydrogen-bond donors (Lipinski definition) is 4. The van der Waals surface area contributed by atoms with E-state index in [1.54, 1.807) is 18.2 Å². The number of nitrogens with two attached hydrogens (primary N) is 1. The molecule has 19 heavy (non-hydrogen) atoms. The molecule has 0 atom stereocenters. The van der Waals surface area contributed by atoms with E-state index in [4.69, 9.17) is 5.73 Å². The summed E-state index contributed by atoms with van der Waals surface area (Å²) >= 11 is 0. The molecule has 0 bridgehead atoms. The van der Waals surface area contributed by atoms with Crippen molar-refractivity contribution in [1.29, 1.82) is 0 Å². The van der Waals surface area contributed by atoms with Gasteiger partial charge in [0.2, 0.25) is 11.8 Å². The van der Waals surface area contributed by atoms with Crippen molar-refractivity contribution in [2.75, 3.05) is 25.9 Å². The first-order valence-corrected chi connectivity index (χ1v) is 5.64. The van der Waals surface area contributed by atoms with Crippen LogP contribution in [0.15, 0.2) is 24.3 Å². The van der Waals surface area contributed by atoms with Gasteiger partial charge in [-0.05, 0) is 18.2 Å². The Bertz CT molecular complexity index is 488. The number of carbonyl (C=O) groups excluding carboxylic acids is 3. The van der Waals surface area contributed by atoms with Crippen molar-refractivity contribution in [3.8, 4) is 0 Å². The quantitative estimate of drug-likeness (QED) is 0.503. The fourth-order valence-corrected chi connectivity index (χ4v) is 1.27. The Kier molecular flexibility index (Phi) is 5.34. The number of nitrogen functional groups attached to an aromatic ring is 1. The number of likely N-dealkylation sites (N-methyl/N-ethyl adjacent to an activating group) is 1. The number of carbonyl (C=O) groups is 3. The summed E-state index contributed by atoms with van der Waals surface area (Å²) in [6, 6.07) is 6.41. The number of anilines is 1. The van der Waals surface area contributed by atoms with Gasteiger partial charge in [0.15, 0.2) is 0 Å². The lowest BCUT2D eigenvalue weighted by Crippen LogP contribution is -2.41. The minimum absolute atomic E-state index is 0.122. The summed E-state index contributed by atoms with van der Waals surface area (Å²) in [6.07, 6.45) is 0. The smallest absolute Gasteiger partial charge is 0.251 e. The number of nitrogens with one attached hydrogen (secondary N) is 3. The van der Waals surface area contributed by atoms with Crippen LogP contribution in [0.1, 0.15) is 10.4 Å². The summed E-state index contributed by atoms with van der Waals surface area (Å²) < 4.78 is 0. The van der Waals surface area contributed by atoms with Crippen LogP contribution >= 0.6 is 0 Å². The van der Waals surface area contributed by atoms with Crippen molar-refractivity contribution >= 4 is 23.4 Å². The molecular formula is C12H16N4O3. The van der Waals surface area contributed by atoms with Gasteiger partial charge in [-0.15, -0.1) is 0 Å². The fraction of sp³-hybridized carbons (Fsp3) is 0.250. The molecule has 0 aliphatic rings. The minimum Gasteiger partial charge on any atom is -0.399 e. The second-order valence-electron chi connectivity index (χ2n) is 3.76. The zero-order valence-corrected chi connectivity index (χ0v) is 10.5. The van der Waals surface area contributed by atoms with Gasteiger partial charge in [-0.1, -0.05) is 6.07 Å². The predicted octanol–water partition coefficient (Wildman–Crippen LogP) is -1.14. The fourth-order valence-electron chi connectivity index (χ4n) is 1.27. The zero-order valence-electron chi connectivity index (χ0n) is 10.5. The molecule has 7 nitrogen and oxygen atoms in total. The van der Waals surface area contributed by atoms with Crippen molar-refractivity contribution in [2.45, 2.75) is 0 Å². The van der Waals surface area contributed by atoms with Gasteiger partial charge in [0, 0.05) is 18.3 Å². The van der Waals surface area contributed by atoms with E-state index in [0.29, 0.717) is 11.3 Å². The standard InChI is InChI=1S/C12H16N4O3/c1-14-10(17)6-15-11(18)7-16-12(19)8-3-2-4-9(13)5-8/h2-5H,6-7,13H2,1H3,(H,14,17)(H,15,18)(H,16,19). The second kappa shape index (κ2) is 7.00. The monoisotopic (exact) mass is 264 g/mol. The molecule has 5 N–H and O–H groups in total. The molecule has 1 aromatic rings. The highest BCUT2D eigenvalue weighted by molar-refractivity contribution is 5.97. The van der Waals surface area contributed by atoms with Gasteiger partial charge in [-0.25, -0.2) is 0 Å². The van der Waals surface area contributed by atoms with E-state index in [2.05, 4.69) is 16.0 Å². The SMILES string of the molecule is CNC(=O)CNC(=O)CNC(=O)c1cccc(N)c1. The molecule has 0 aliphatic heterocycles. The molecule has 0 aliphatic carbocycles. The number of benzene rings is 1. The predicted molar refractivity (Wildman–Crippen MR) is 70.3 cm³/mol. The average Bonchev–Trinajstić information content (AvgIpc) is 2.41. The molecule has 7 heteroatoms. The molecule has 0 spiro atoms. The van der Waals surface area contributed by atoms with Gasteiger partial charge in [-0.3, -0.25) is 14.4 Å². The Morgan fingerprint density at radius 3 is 2.42 bits per heavy atom. The normalized spacial score (nSPS) is 9.53. The van der Waals surface area contributed by atoms with Gasteiger partial charge in [0.1, 0.15) is 0 Å². The second-order valence-corrected chi connectivity index (χ2v) is 3.76. The van der Waals surface area contributed by atoms with Crippen LogP contribution in [0, 0.1) is 0 Å². The molecular weight excluding hydrogens is 248 g/mol. The summed E-state index contributed by atoms with van der Waals surface area (Å²) in [5, 5.41) is 7.15. The van der Waals surface area contributed by atoms with Crippen LogP contribution in [-0.4, -0.2) is 37.9 Å². The van der Waals surface area contributed by atoms with Crippen LogP contribution in [-0.2, 0) is 9.59 Å². The van der Waals surface area contributed by atoms with Crippen LogP contribution in [0.2, 0.25) is 0 Å². The molecule has 0 saturated heterocycles. The van der Waals surface area contributed by atoms with Crippen molar-refractivity contribution in [2.24, 2.45) is 0 Å². The van der Waals surface area contributed by atoms with E-state index in [9.17, 15) is 14.4 Å². The summed E-state index contributed by atoms with van der Waals surface area (Å²) in [7, 11) is 1.47. The molecule has 0 heterocycles. The lowest BCUT2D eigenvalue weighted by atomic mass is 10.2. The first-order chi connectivity index (χ1) is 9.02. The van der Waals surface area contributed by atoms with Gasteiger partial charge >= 0.3 is 0 Å².